The number of aromatic nitrogens is 1. The van der Waals surface area contributed by atoms with Crippen molar-refractivity contribution >= 4 is 31.8 Å². The Morgan fingerprint density at radius 1 is 1.15 bits per heavy atom. The molecule has 6 nitrogen and oxygen atoms in total. The van der Waals surface area contributed by atoms with Crippen molar-refractivity contribution in [3.8, 4) is 0 Å². The molecule has 2 aliphatic rings. The van der Waals surface area contributed by atoms with Gasteiger partial charge in [0.2, 0.25) is 10.0 Å². The highest BCUT2D eigenvalue weighted by Gasteiger charge is 2.56. The van der Waals surface area contributed by atoms with Gasteiger partial charge in [-0.3, -0.25) is 0 Å². The maximum atomic E-state index is 15.4. The molecule has 1 aromatic carbocycles. The van der Waals surface area contributed by atoms with E-state index < -0.39 is 21.9 Å². The van der Waals surface area contributed by atoms with Crippen molar-refractivity contribution in [3.63, 3.8) is 0 Å². The second-order valence-corrected chi connectivity index (χ2v) is 9.24. The van der Waals surface area contributed by atoms with Gasteiger partial charge in [-0.05, 0) is 40.2 Å². The number of alkyl halides is 1. The number of piperidine rings is 1. The van der Waals surface area contributed by atoms with Crippen LogP contribution in [-0.4, -0.2) is 55.8 Å². The van der Waals surface area contributed by atoms with E-state index in [4.69, 9.17) is 4.74 Å². The highest BCUT2D eigenvalue weighted by Crippen LogP contribution is 2.40. The number of sulfonamides is 1. The highest BCUT2D eigenvalue weighted by molar-refractivity contribution is 9.10. The van der Waals surface area contributed by atoms with Crippen molar-refractivity contribution in [2.45, 2.75) is 23.2 Å². The zero-order valence-corrected chi connectivity index (χ0v) is 16.9. The molecule has 2 atom stereocenters. The number of benzene rings is 1. The lowest BCUT2D eigenvalue weighted by Crippen LogP contribution is -2.62. The molecular weight excluding hydrogens is 437 g/mol. The summed E-state index contributed by atoms with van der Waals surface area (Å²) in [4.78, 5) is 6.33. The van der Waals surface area contributed by atoms with Gasteiger partial charge in [-0.1, -0.05) is 24.3 Å². The Balaban J connectivity index is 1.61. The summed E-state index contributed by atoms with van der Waals surface area (Å²) < 4.78 is 49.2. The molecule has 0 amide bonds. The summed E-state index contributed by atoms with van der Waals surface area (Å²) in [7, 11) is -3.84. The number of ether oxygens (including phenoxy) is 1. The van der Waals surface area contributed by atoms with Crippen LogP contribution >= 0.6 is 15.9 Å². The van der Waals surface area contributed by atoms with Gasteiger partial charge in [0.05, 0.1) is 18.0 Å². The minimum atomic E-state index is -3.84. The summed E-state index contributed by atoms with van der Waals surface area (Å²) in [6.45, 7) is 0.795. The molecule has 0 aliphatic carbocycles. The van der Waals surface area contributed by atoms with E-state index in [1.807, 2.05) is 17.0 Å². The predicted molar refractivity (Wildman–Crippen MR) is 103 cm³/mol. The van der Waals surface area contributed by atoms with Crippen molar-refractivity contribution in [2.75, 3.05) is 31.1 Å². The Kier molecular flexibility index (Phi) is 4.96. The molecule has 9 heteroatoms. The highest BCUT2D eigenvalue weighted by atomic mass is 79.9. The molecule has 2 saturated heterocycles. The first-order valence-corrected chi connectivity index (χ1v) is 10.9. The molecule has 1 spiro atoms. The average molecular weight is 456 g/mol. The van der Waals surface area contributed by atoms with Crippen molar-refractivity contribution < 1.29 is 17.5 Å². The van der Waals surface area contributed by atoms with E-state index in [0.29, 0.717) is 17.0 Å². The van der Waals surface area contributed by atoms with Crippen LogP contribution in [0.15, 0.2) is 58.0 Å². The monoisotopic (exact) mass is 455 g/mol. The summed E-state index contributed by atoms with van der Waals surface area (Å²) in [5, 5.41) is 0. The standard InChI is InChI=1S/C18H19BrFN3O3S/c19-16-7-4-8-17(21-16)22-10-9-18(15(20)13-22)23(11-12-26-18)27(24,25)14-5-2-1-3-6-14/h1-8,15H,9-13H2. The molecule has 2 aromatic rings. The zero-order valence-electron chi connectivity index (χ0n) is 14.5. The molecule has 0 N–H and O–H groups in total. The maximum Gasteiger partial charge on any atom is 0.245 e. The number of hydrogen-bond acceptors (Lipinski definition) is 5. The third-order valence-corrected chi connectivity index (χ3v) is 7.42. The first-order valence-electron chi connectivity index (χ1n) is 8.67. The second-order valence-electron chi connectivity index (χ2n) is 6.57. The second kappa shape index (κ2) is 7.12. The number of anilines is 1. The fourth-order valence-corrected chi connectivity index (χ4v) is 5.78. The van der Waals surface area contributed by atoms with Crippen LogP contribution in [-0.2, 0) is 14.8 Å². The summed E-state index contributed by atoms with van der Waals surface area (Å²) in [6.07, 6.45) is -1.26. The third kappa shape index (κ3) is 3.26. The van der Waals surface area contributed by atoms with Crippen LogP contribution in [0.25, 0.3) is 0 Å². The van der Waals surface area contributed by atoms with Gasteiger partial charge in [0.15, 0.2) is 11.9 Å². The molecule has 4 rings (SSSR count). The largest absolute Gasteiger partial charge is 0.355 e. The Labute approximate surface area is 166 Å². The van der Waals surface area contributed by atoms with E-state index in [1.165, 1.54) is 16.4 Å². The minimum absolute atomic E-state index is 0.0181. The minimum Gasteiger partial charge on any atom is -0.355 e. The van der Waals surface area contributed by atoms with E-state index >= 15 is 4.39 Å². The Hall–Kier alpha value is -1.55. The van der Waals surface area contributed by atoms with Crippen LogP contribution in [0.3, 0.4) is 0 Å². The van der Waals surface area contributed by atoms with Gasteiger partial charge in [0.1, 0.15) is 10.4 Å². The molecule has 2 unspecified atom stereocenters. The zero-order chi connectivity index (χ0) is 19.1. The van der Waals surface area contributed by atoms with Crippen molar-refractivity contribution in [3.05, 3.63) is 53.1 Å². The number of nitrogens with zero attached hydrogens (tertiary/aromatic N) is 3. The van der Waals surface area contributed by atoms with Gasteiger partial charge < -0.3 is 9.64 Å². The normalized spacial score (nSPS) is 26.6. The molecule has 1 aromatic heterocycles. The Morgan fingerprint density at radius 3 is 2.63 bits per heavy atom. The van der Waals surface area contributed by atoms with Gasteiger partial charge in [-0.2, -0.15) is 4.31 Å². The van der Waals surface area contributed by atoms with Crippen LogP contribution in [0.1, 0.15) is 6.42 Å². The van der Waals surface area contributed by atoms with Gasteiger partial charge >= 0.3 is 0 Å². The fraction of sp³-hybridized carbons (Fsp3) is 0.389. The SMILES string of the molecule is O=S(=O)(c1ccccc1)N1CCOC12CCN(c1cccc(Br)n1)CC2F. The van der Waals surface area contributed by atoms with Crippen LogP contribution in [0.4, 0.5) is 10.2 Å². The molecule has 144 valence electrons. The molecule has 0 radical (unpaired) electrons. The first kappa shape index (κ1) is 18.8. The first-order chi connectivity index (χ1) is 12.9. The summed E-state index contributed by atoms with van der Waals surface area (Å²) in [5.74, 6) is 0.650. The van der Waals surface area contributed by atoms with E-state index in [1.54, 1.807) is 24.3 Å². The molecule has 3 heterocycles. The quantitative estimate of drug-likeness (QED) is 0.665. The molecule has 2 fully saturated rings. The Morgan fingerprint density at radius 2 is 1.93 bits per heavy atom. The molecule has 27 heavy (non-hydrogen) atoms. The van der Waals surface area contributed by atoms with E-state index in [9.17, 15) is 8.42 Å². The lowest BCUT2D eigenvalue weighted by atomic mass is 9.98. The lowest BCUT2D eigenvalue weighted by molar-refractivity contribution is -0.116. The topological polar surface area (TPSA) is 62.7 Å². The smallest absolute Gasteiger partial charge is 0.245 e. The van der Waals surface area contributed by atoms with E-state index in [2.05, 4.69) is 20.9 Å². The third-order valence-electron chi connectivity index (χ3n) is 5.03. The van der Waals surface area contributed by atoms with Crippen LogP contribution in [0, 0.1) is 0 Å². The Bertz CT molecular complexity index is 930. The van der Waals surface area contributed by atoms with E-state index in [-0.39, 0.29) is 31.0 Å². The number of pyridine rings is 1. The molecule has 0 saturated carbocycles. The molecular formula is C18H19BrFN3O3S. The van der Waals surface area contributed by atoms with Crippen LogP contribution in [0.2, 0.25) is 0 Å². The number of rotatable bonds is 3. The van der Waals surface area contributed by atoms with Gasteiger partial charge in [0.25, 0.3) is 0 Å². The number of hydrogen-bond donors (Lipinski definition) is 0. The van der Waals surface area contributed by atoms with Gasteiger partial charge in [-0.15, -0.1) is 0 Å². The van der Waals surface area contributed by atoms with Crippen molar-refractivity contribution in [1.82, 2.24) is 9.29 Å². The fourth-order valence-electron chi connectivity index (χ4n) is 3.71. The van der Waals surface area contributed by atoms with Gasteiger partial charge in [0, 0.05) is 19.5 Å². The maximum absolute atomic E-state index is 15.4. The molecule has 2 aliphatic heterocycles. The summed E-state index contributed by atoms with van der Waals surface area (Å²) in [5.41, 5.74) is -1.46. The lowest BCUT2D eigenvalue weighted by Gasteiger charge is -2.45. The number of halogens is 2. The van der Waals surface area contributed by atoms with Gasteiger partial charge in [-0.25, -0.2) is 17.8 Å². The predicted octanol–water partition coefficient (Wildman–Crippen LogP) is 2.81. The van der Waals surface area contributed by atoms with Crippen molar-refractivity contribution in [2.24, 2.45) is 0 Å². The molecule has 0 bridgehead atoms. The van der Waals surface area contributed by atoms with Crippen LogP contribution in [0.5, 0.6) is 0 Å². The van der Waals surface area contributed by atoms with Crippen LogP contribution < -0.4 is 4.90 Å². The summed E-state index contributed by atoms with van der Waals surface area (Å²) in [6, 6.07) is 13.6. The average Bonchev–Trinajstić information content (AvgIpc) is 3.10. The van der Waals surface area contributed by atoms with E-state index in [0.717, 1.165) is 0 Å². The summed E-state index contributed by atoms with van der Waals surface area (Å²) >= 11 is 3.32. The van der Waals surface area contributed by atoms with Crippen molar-refractivity contribution in [1.29, 1.82) is 0 Å².